The molecule has 1 aliphatic heterocycles. The molecular weight excluding hydrogens is 293 g/mol. The molecule has 5 nitrogen and oxygen atoms in total. The Kier molecular flexibility index (Phi) is 4.03. The lowest BCUT2D eigenvalue weighted by molar-refractivity contribution is 0.0801. The van der Waals surface area contributed by atoms with Gasteiger partial charge in [-0.05, 0) is 40.0 Å². The number of halogens is 1. The van der Waals surface area contributed by atoms with Gasteiger partial charge in [-0.3, -0.25) is 4.90 Å². The van der Waals surface area contributed by atoms with Gasteiger partial charge in [0, 0.05) is 36.4 Å². The number of likely N-dealkylation sites (N-methyl/N-ethyl adjacent to an activating group) is 1. The van der Waals surface area contributed by atoms with Gasteiger partial charge in [0.2, 0.25) is 10.0 Å². The number of hydrogen-bond donors (Lipinski definition) is 1. The topological polar surface area (TPSA) is 66.6 Å². The molecule has 2 rings (SSSR count). The molecule has 1 aliphatic rings. The fourth-order valence-electron chi connectivity index (χ4n) is 2.37. The molecule has 1 aromatic rings. The molecule has 0 spiro atoms. The predicted molar refractivity (Wildman–Crippen MR) is 81.0 cm³/mol. The van der Waals surface area contributed by atoms with Crippen molar-refractivity contribution in [2.45, 2.75) is 31.2 Å². The van der Waals surface area contributed by atoms with Crippen LogP contribution in [0.3, 0.4) is 0 Å². The smallest absolute Gasteiger partial charge is 0.243 e. The molecule has 0 unspecified atom stereocenters. The Bertz CT molecular complexity index is 635. The molecule has 118 valence electrons. The minimum absolute atomic E-state index is 0.0801. The first-order chi connectivity index (χ1) is 9.55. The van der Waals surface area contributed by atoms with Gasteiger partial charge in [0.25, 0.3) is 0 Å². The highest BCUT2D eigenvalue weighted by Crippen LogP contribution is 2.27. The van der Waals surface area contributed by atoms with E-state index in [1.807, 2.05) is 20.9 Å². The maximum atomic E-state index is 13.8. The Morgan fingerprint density at radius 1 is 1.29 bits per heavy atom. The lowest BCUT2D eigenvalue weighted by atomic mass is 10.0. The molecule has 1 heterocycles. The second kappa shape index (κ2) is 5.23. The van der Waals surface area contributed by atoms with Gasteiger partial charge in [-0.15, -0.1) is 0 Å². The predicted octanol–water partition coefficient (Wildman–Crippen LogP) is 1.43. The molecule has 0 radical (unpaired) electrons. The van der Waals surface area contributed by atoms with E-state index in [-0.39, 0.29) is 21.7 Å². The SMILES string of the molecule is Cc1c(N)cc(S(=O)(=O)N2CCN(C)C(C)(C)C2)cc1F. The quantitative estimate of drug-likeness (QED) is 0.839. The highest BCUT2D eigenvalue weighted by atomic mass is 32.2. The first kappa shape index (κ1) is 16.2. The summed E-state index contributed by atoms with van der Waals surface area (Å²) >= 11 is 0. The zero-order chi connectivity index (χ0) is 16.0. The van der Waals surface area contributed by atoms with Gasteiger partial charge in [0.15, 0.2) is 0 Å². The fourth-order valence-corrected chi connectivity index (χ4v) is 4.01. The summed E-state index contributed by atoms with van der Waals surface area (Å²) in [7, 11) is -1.77. The molecule has 7 heteroatoms. The molecule has 0 saturated carbocycles. The number of piperazine rings is 1. The van der Waals surface area contributed by atoms with E-state index in [0.29, 0.717) is 19.6 Å². The first-order valence-corrected chi connectivity index (χ1v) is 8.27. The summed E-state index contributed by atoms with van der Waals surface area (Å²) in [6.07, 6.45) is 0. The third kappa shape index (κ3) is 2.90. The van der Waals surface area contributed by atoms with Crippen molar-refractivity contribution in [3.8, 4) is 0 Å². The zero-order valence-corrected chi connectivity index (χ0v) is 13.7. The zero-order valence-electron chi connectivity index (χ0n) is 12.9. The normalized spacial score (nSPS) is 20.6. The second-order valence-corrected chi connectivity index (χ2v) is 8.13. The van der Waals surface area contributed by atoms with Gasteiger partial charge in [-0.2, -0.15) is 4.31 Å². The molecule has 1 fully saturated rings. The van der Waals surface area contributed by atoms with Crippen LogP contribution in [0.25, 0.3) is 0 Å². The minimum atomic E-state index is -3.73. The first-order valence-electron chi connectivity index (χ1n) is 6.83. The average Bonchev–Trinajstić information content (AvgIpc) is 2.38. The van der Waals surface area contributed by atoms with Crippen molar-refractivity contribution in [3.05, 3.63) is 23.5 Å². The Morgan fingerprint density at radius 2 is 1.90 bits per heavy atom. The van der Waals surface area contributed by atoms with Crippen LogP contribution in [0.15, 0.2) is 17.0 Å². The van der Waals surface area contributed by atoms with E-state index in [2.05, 4.69) is 4.90 Å². The third-order valence-electron chi connectivity index (χ3n) is 4.28. The molecule has 0 atom stereocenters. The number of hydrogen-bond acceptors (Lipinski definition) is 4. The van der Waals surface area contributed by atoms with Gasteiger partial charge < -0.3 is 5.73 Å². The van der Waals surface area contributed by atoms with Crippen molar-refractivity contribution in [1.82, 2.24) is 9.21 Å². The van der Waals surface area contributed by atoms with Crippen LogP contribution in [0.5, 0.6) is 0 Å². The molecule has 0 amide bonds. The van der Waals surface area contributed by atoms with Crippen LogP contribution in [0.4, 0.5) is 10.1 Å². The van der Waals surface area contributed by atoms with E-state index in [9.17, 15) is 12.8 Å². The van der Waals surface area contributed by atoms with E-state index >= 15 is 0 Å². The number of nitrogen functional groups attached to an aromatic ring is 1. The number of anilines is 1. The van der Waals surface area contributed by atoms with E-state index in [1.54, 1.807) is 0 Å². The Morgan fingerprint density at radius 3 is 2.43 bits per heavy atom. The molecule has 0 bridgehead atoms. The summed E-state index contributed by atoms with van der Waals surface area (Å²) in [6.45, 7) is 6.88. The number of rotatable bonds is 2. The summed E-state index contributed by atoms with van der Waals surface area (Å²) in [6, 6.07) is 2.38. The standard InChI is InChI=1S/C14H22FN3O2S/c1-10-12(15)7-11(8-13(10)16)21(19,20)18-6-5-17(4)14(2,3)9-18/h7-8H,5-6,9,16H2,1-4H3. The monoisotopic (exact) mass is 315 g/mol. The maximum Gasteiger partial charge on any atom is 0.243 e. The van der Waals surface area contributed by atoms with Crippen LogP contribution in [0.1, 0.15) is 19.4 Å². The molecule has 0 aliphatic carbocycles. The van der Waals surface area contributed by atoms with Gasteiger partial charge in [0.1, 0.15) is 5.82 Å². The lowest BCUT2D eigenvalue weighted by Gasteiger charge is -2.44. The molecule has 0 aromatic heterocycles. The number of benzene rings is 1. The Balaban J connectivity index is 2.39. The number of sulfonamides is 1. The molecule has 1 saturated heterocycles. The minimum Gasteiger partial charge on any atom is -0.398 e. The molecule has 1 aromatic carbocycles. The van der Waals surface area contributed by atoms with Crippen molar-refractivity contribution in [3.63, 3.8) is 0 Å². The lowest BCUT2D eigenvalue weighted by Crippen LogP contribution is -2.58. The van der Waals surface area contributed by atoms with Crippen LogP contribution in [-0.4, -0.2) is 49.8 Å². The summed E-state index contributed by atoms with van der Waals surface area (Å²) in [5, 5.41) is 0. The van der Waals surface area contributed by atoms with Crippen LogP contribution in [0.2, 0.25) is 0 Å². The molecular formula is C14H22FN3O2S. The number of nitrogens with zero attached hydrogens (tertiary/aromatic N) is 2. The largest absolute Gasteiger partial charge is 0.398 e. The molecule has 2 N–H and O–H groups in total. The van der Waals surface area contributed by atoms with Crippen LogP contribution in [-0.2, 0) is 10.0 Å². The summed E-state index contributed by atoms with van der Waals surface area (Å²) in [4.78, 5) is 2.03. The average molecular weight is 315 g/mol. The Hall–Kier alpha value is -1.18. The summed E-state index contributed by atoms with van der Waals surface area (Å²) in [5.74, 6) is -0.595. The van der Waals surface area contributed by atoms with Crippen LogP contribution < -0.4 is 5.73 Å². The van der Waals surface area contributed by atoms with Gasteiger partial charge in [-0.25, -0.2) is 12.8 Å². The highest BCUT2D eigenvalue weighted by molar-refractivity contribution is 7.89. The van der Waals surface area contributed by atoms with Crippen LogP contribution >= 0.6 is 0 Å². The van der Waals surface area contributed by atoms with E-state index in [0.717, 1.165) is 6.07 Å². The summed E-state index contributed by atoms with van der Waals surface area (Å²) in [5.41, 5.74) is 5.85. The van der Waals surface area contributed by atoms with E-state index in [1.165, 1.54) is 17.3 Å². The molecule has 21 heavy (non-hydrogen) atoms. The third-order valence-corrected chi connectivity index (χ3v) is 6.10. The fraction of sp³-hybridized carbons (Fsp3) is 0.571. The van der Waals surface area contributed by atoms with Crippen molar-refractivity contribution in [2.75, 3.05) is 32.4 Å². The van der Waals surface area contributed by atoms with E-state index < -0.39 is 15.8 Å². The highest BCUT2D eigenvalue weighted by Gasteiger charge is 2.37. The van der Waals surface area contributed by atoms with Crippen molar-refractivity contribution < 1.29 is 12.8 Å². The van der Waals surface area contributed by atoms with Gasteiger partial charge >= 0.3 is 0 Å². The Labute approximate surface area is 125 Å². The van der Waals surface area contributed by atoms with Gasteiger partial charge in [0.05, 0.1) is 4.90 Å². The van der Waals surface area contributed by atoms with Crippen molar-refractivity contribution in [2.24, 2.45) is 0 Å². The van der Waals surface area contributed by atoms with Crippen molar-refractivity contribution in [1.29, 1.82) is 0 Å². The summed E-state index contributed by atoms with van der Waals surface area (Å²) < 4.78 is 40.5. The number of nitrogens with two attached hydrogens (primary N) is 1. The maximum absolute atomic E-state index is 13.8. The van der Waals surface area contributed by atoms with Gasteiger partial charge in [-0.1, -0.05) is 0 Å². The second-order valence-electron chi connectivity index (χ2n) is 6.19. The van der Waals surface area contributed by atoms with Crippen LogP contribution in [0, 0.1) is 12.7 Å². The van der Waals surface area contributed by atoms with Crippen molar-refractivity contribution >= 4 is 15.7 Å². The van der Waals surface area contributed by atoms with E-state index in [4.69, 9.17) is 5.73 Å².